The molecule has 5 heteroatoms. The monoisotopic (exact) mass is 126 g/mol. The molecule has 4 N–H and O–H groups in total. The van der Waals surface area contributed by atoms with Crippen LogP contribution >= 0.6 is 0 Å². The number of aromatic amines is 1. The van der Waals surface area contributed by atoms with Gasteiger partial charge in [0.15, 0.2) is 5.84 Å². The number of H-pyrrole nitrogens is 1. The maximum atomic E-state index is 8.13. The first-order valence-electron chi connectivity index (χ1n) is 2.31. The fourth-order valence-corrected chi connectivity index (χ4v) is 0.449. The Hall–Kier alpha value is -1.52. The fourth-order valence-electron chi connectivity index (χ4n) is 0.449. The Morgan fingerprint density at radius 3 is 3.11 bits per heavy atom. The average molecular weight is 126 g/mol. The molecular formula is C4H6N4O. The lowest BCUT2D eigenvalue weighted by Crippen LogP contribution is -2.11. The predicted octanol–water partition coefficient (Wildman–Crippen LogP) is -0.496. The van der Waals surface area contributed by atoms with Crippen molar-refractivity contribution in [3.63, 3.8) is 0 Å². The second-order valence-electron chi connectivity index (χ2n) is 1.47. The van der Waals surface area contributed by atoms with Crippen molar-refractivity contribution in [1.29, 1.82) is 0 Å². The van der Waals surface area contributed by atoms with Gasteiger partial charge in [0.05, 0.1) is 11.8 Å². The van der Waals surface area contributed by atoms with Crippen LogP contribution in [0, 0.1) is 0 Å². The molecule has 0 saturated carbocycles. The largest absolute Gasteiger partial charge is 0.409 e. The molecule has 0 saturated heterocycles. The van der Waals surface area contributed by atoms with Crippen LogP contribution < -0.4 is 5.73 Å². The van der Waals surface area contributed by atoms with E-state index in [2.05, 4.69) is 15.4 Å². The van der Waals surface area contributed by atoms with E-state index in [1.165, 1.54) is 12.4 Å². The van der Waals surface area contributed by atoms with Gasteiger partial charge in [0, 0.05) is 6.20 Å². The van der Waals surface area contributed by atoms with Gasteiger partial charge in [0.1, 0.15) is 0 Å². The molecule has 0 aromatic carbocycles. The summed E-state index contributed by atoms with van der Waals surface area (Å²) in [5, 5.41) is 17.0. The Balaban J connectivity index is 2.90. The topological polar surface area (TPSA) is 87.3 Å². The van der Waals surface area contributed by atoms with E-state index in [0.29, 0.717) is 5.56 Å². The van der Waals surface area contributed by atoms with Gasteiger partial charge < -0.3 is 10.9 Å². The van der Waals surface area contributed by atoms with Gasteiger partial charge in [-0.15, -0.1) is 0 Å². The molecule has 0 aliphatic rings. The molecule has 48 valence electrons. The first-order valence-corrected chi connectivity index (χ1v) is 2.31. The lowest BCUT2D eigenvalue weighted by Gasteiger charge is -1.86. The maximum absolute atomic E-state index is 8.13. The van der Waals surface area contributed by atoms with Crippen molar-refractivity contribution in [2.45, 2.75) is 0 Å². The number of hydrogen-bond acceptors (Lipinski definition) is 3. The smallest absolute Gasteiger partial charge is 0.173 e. The van der Waals surface area contributed by atoms with Crippen molar-refractivity contribution in [2.75, 3.05) is 0 Å². The second kappa shape index (κ2) is 2.17. The first-order chi connectivity index (χ1) is 4.34. The minimum atomic E-state index is 0.0590. The van der Waals surface area contributed by atoms with Gasteiger partial charge in [-0.25, -0.2) is 0 Å². The SMILES string of the molecule is N/C(=N\O)c1cn[nH]c1. The number of nitrogens with zero attached hydrogens (tertiary/aromatic N) is 2. The standard InChI is InChI=1S/C4H6N4O/c5-4(8-9)3-1-6-7-2-3/h1-2,9H,(H2,5,8)(H,6,7). The van der Waals surface area contributed by atoms with Crippen LogP contribution in [0.4, 0.5) is 0 Å². The van der Waals surface area contributed by atoms with E-state index in [9.17, 15) is 0 Å². The average Bonchev–Trinajstić information content (AvgIpc) is 2.37. The Labute approximate surface area is 51.2 Å². The quantitative estimate of drug-likeness (QED) is 0.205. The summed E-state index contributed by atoms with van der Waals surface area (Å²) in [6, 6.07) is 0. The van der Waals surface area contributed by atoms with Gasteiger partial charge in [-0.3, -0.25) is 5.10 Å². The number of hydrogen-bond donors (Lipinski definition) is 3. The van der Waals surface area contributed by atoms with Gasteiger partial charge in [-0.2, -0.15) is 5.10 Å². The summed E-state index contributed by atoms with van der Waals surface area (Å²) in [5.74, 6) is 0.0590. The number of rotatable bonds is 1. The van der Waals surface area contributed by atoms with Gasteiger partial charge >= 0.3 is 0 Å². The van der Waals surface area contributed by atoms with Crippen molar-refractivity contribution >= 4 is 5.84 Å². The summed E-state index contributed by atoms with van der Waals surface area (Å²) in [4.78, 5) is 0. The lowest BCUT2D eigenvalue weighted by molar-refractivity contribution is 0.318. The zero-order valence-corrected chi connectivity index (χ0v) is 4.57. The molecule has 1 heterocycles. The number of aromatic nitrogens is 2. The third kappa shape index (κ3) is 0.987. The number of nitrogens with two attached hydrogens (primary N) is 1. The van der Waals surface area contributed by atoms with Crippen molar-refractivity contribution in [3.05, 3.63) is 18.0 Å². The van der Waals surface area contributed by atoms with Crippen molar-refractivity contribution < 1.29 is 5.21 Å². The molecule has 1 rings (SSSR count). The molecule has 5 nitrogen and oxygen atoms in total. The zero-order chi connectivity index (χ0) is 6.69. The van der Waals surface area contributed by atoms with Crippen molar-refractivity contribution in [3.8, 4) is 0 Å². The molecule has 0 aliphatic carbocycles. The van der Waals surface area contributed by atoms with Gasteiger partial charge in [0.25, 0.3) is 0 Å². The summed E-state index contributed by atoms with van der Waals surface area (Å²) in [6.07, 6.45) is 3.00. The minimum Gasteiger partial charge on any atom is -0.409 e. The number of amidine groups is 1. The van der Waals surface area contributed by atoms with E-state index in [4.69, 9.17) is 10.9 Å². The third-order valence-electron chi connectivity index (χ3n) is 0.902. The van der Waals surface area contributed by atoms with E-state index in [1.54, 1.807) is 0 Å². The highest BCUT2D eigenvalue weighted by Crippen LogP contribution is 1.90. The molecule has 0 fully saturated rings. The highest BCUT2D eigenvalue weighted by Gasteiger charge is 1.96. The molecule has 0 unspecified atom stereocenters. The van der Waals surface area contributed by atoms with E-state index < -0.39 is 0 Å². The van der Waals surface area contributed by atoms with E-state index in [-0.39, 0.29) is 5.84 Å². The number of nitrogens with one attached hydrogen (secondary N) is 1. The van der Waals surface area contributed by atoms with E-state index in [1.807, 2.05) is 0 Å². The van der Waals surface area contributed by atoms with Crippen LogP contribution in [-0.4, -0.2) is 21.2 Å². The molecule has 0 spiro atoms. The molecule has 9 heavy (non-hydrogen) atoms. The third-order valence-corrected chi connectivity index (χ3v) is 0.902. The normalized spacial score (nSPS) is 11.8. The lowest BCUT2D eigenvalue weighted by atomic mass is 10.3. The van der Waals surface area contributed by atoms with E-state index in [0.717, 1.165) is 0 Å². The number of oxime groups is 1. The zero-order valence-electron chi connectivity index (χ0n) is 4.57. The highest BCUT2D eigenvalue weighted by atomic mass is 16.4. The Kier molecular flexibility index (Phi) is 1.35. The Morgan fingerprint density at radius 2 is 2.67 bits per heavy atom. The minimum absolute atomic E-state index is 0.0590. The molecule has 0 bridgehead atoms. The van der Waals surface area contributed by atoms with Gasteiger partial charge in [-0.1, -0.05) is 5.16 Å². The van der Waals surface area contributed by atoms with Crippen molar-refractivity contribution in [2.24, 2.45) is 10.9 Å². The Bertz CT molecular complexity index is 202. The van der Waals surface area contributed by atoms with Crippen LogP contribution in [0.3, 0.4) is 0 Å². The van der Waals surface area contributed by atoms with Crippen LogP contribution in [0.2, 0.25) is 0 Å². The van der Waals surface area contributed by atoms with Crippen LogP contribution in [-0.2, 0) is 0 Å². The van der Waals surface area contributed by atoms with Crippen LogP contribution in [0.5, 0.6) is 0 Å². The second-order valence-corrected chi connectivity index (χ2v) is 1.47. The summed E-state index contributed by atoms with van der Waals surface area (Å²) >= 11 is 0. The summed E-state index contributed by atoms with van der Waals surface area (Å²) in [5.41, 5.74) is 5.76. The van der Waals surface area contributed by atoms with Gasteiger partial charge in [-0.05, 0) is 0 Å². The predicted molar refractivity (Wildman–Crippen MR) is 31.1 cm³/mol. The van der Waals surface area contributed by atoms with Crippen LogP contribution in [0.15, 0.2) is 17.5 Å². The van der Waals surface area contributed by atoms with Crippen LogP contribution in [0.1, 0.15) is 5.56 Å². The molecule has 0 atom stereocenters. The molecule has 0 radical (unpaired) electrons. The summed E-state index contributed by atoms with van der Waals surface area (Å²) in [7, 11) is 0. The summed E-state index contributed by atoms with van der Waals surface area (Å²) in [6.45, 7) is 0. The highest BCUT2D eigenvalue weighted by molar-refractivity contribution is 5.96. The van der Waals surface area contributed by atoms with Crippen molar-refractivity contribution in [1.82, 2.24) is 10.2 Å². The summed E-state index contributed by atoms with van der Waals surface area (Å²) < 4.78 is 0. The fraction of sp³-hybridized carbons (Fsp3) is 0. The van der Waals surface area contributed by atoms with E-state index >= 15 is 0 Å². The first kappa shape index (κ1) is 5.61. The Morgan fingerprint density at radius 1 is 1.89 bits per heavy atom. The molecule has 0 amide bonds. The molecule has 0 aliphatic heterocycles. The van der Waals surface area contributed by atoms with Gasteiger partial charge in [0.2, 0.25) is 0 Å². The molecular weight excluding hydrogens is 120 g/mol. The maximum Gasteiger partial charge on any atom is 0.173 e. The van der Waals surface area contributed by atoms with Crippen LogP contribution in [0.25, 0.3) is 0 Å². The molecule has 1 aromatic rings. The molecule has 1 aromatic heterocycles.